The Morgan fingerprint density at radius 1 is 1.25 bits per heavy atom. The number of nitrogens with zero attached hydrogens (tertiary/aromatic N) is 3. The van der Waals surface area contributed by atoms with E-state index in [1.165, 1.54) is 5.56 Å². The molecule has 1 aliphatic heterocycles. The summed E-state index contributed by atoms with van der Waals surface area (Å²) in [5, 5.41) is 14.7. The zero-order valence-corrected chi connectivity index (χ0v) is 12.0. The molecule has 1 aliphatic rings. The Kier molecular flexibility index (Phi) is 3.26. The maximum absolute atomic E-state index is 10.1. The van der Waals surface area contributed by atoms with Crippen molar-refractivity contribution in [3.05, 3.63) is 48.2 Å². The summed E-state index contributed by atoms with van der Waals surface area (Å²) in [5.41, 5.74) is 0.995. The fourth-order valence-electron chi connectivity index (χ4n) is 2.84. The second-order valence-electron chi connectivity index (χ2n) is 5.97. The van der Waals surface area contributed by atoms with Gasteiger partial charge in [-0.15, -0.1) is 0 Å². The smallest absolute Gasteiger partial charge is 0.151 e. The van der Waals surface area contributed by atoms with Crippen LogP contribution in [-0.4, -0.2) is 33.1 Å². The van der Waals surface area contributed by atoms with Crippen molar-refractivity contribution in [2.24, 2.45) is 0 Å². The molecule has 1 N–H and O–H groups in total. The number of hydrogen-bond donors (Lipinski definition) is 1. The van der Waals surface area contributed by atoms with E-state index >= 15 is 0 Å². The number of rotatable bonds is 3. The van der Waals surface area contributed by atoms with E-state index < -0.39 is 0 Å². The van der Waals surface area contributed by atoms with Crippen molar-refractivity contribution in [3.63, 3.8) is 0 Å². The first kappa shape index (κ1) is 13.2. The van der Waals surface area contributed by atoms with Gasteiger partial charge in [0.1, 0.15) is 0 Å². The second-order valence-corrected chi connectivity index (χ2v) is 5.97. The lowest BCUT2D eigenvalue weighted by Crippen LogP contribution is -2.45. The number of aliphatic hydroxyl groups excluding tert-OH is 1. The third kappa shape index (κ3) is 2.31. The minimum atomic E-state index is -0.290. The summed E-state index contributed by atoms with van der Waals surface area (Å²) in [7, 11) is 0. The summed E-state index contributed by atoms with van der Waals surface area (Å²) < 4.78 is 1.95. The van der Waals surface area contributed by atoms with E-state index in [0.717, 1.165) is 25.3 Å². The lowest BCUT2D eigenvalue weighted by atomic mass is 9.99. The van der Waals surface area contributed by atoms with Crippen LogP contribution < -0.4 is 4.90 Å². The van der Waals surface area contributed by atoms with Crippen LogP contribution in [0.1, 0.15) is 25.8 Å². The van der Waals surface area contributed by atoms with Crippen molar-refractivity contribution in [3.8, 4) is 0 Å². The van der Waals surface area contributed by atoms with Gasteiger partial charge in [-0.3, -0.25) is 4.68 Å². The van der Waals surface area contributed by atoms with Gasteiger partial charge in [-0.1, -0.05) is 30.3 Å². The molecule has 0 aliphatic carbocycles. The highest BCUT2D eigenvalue weighted by atomic mass is 16.3. The molecule has 106 valence electrons. The normalized spacial score (nSPS) is 21.4. The highest BCUT2D eigenvalue weighted by molar-refractivity contribution is 5.43. The third-order valence-electron chi connectivity index (χ3n) is 4.23. The summed E-state index contributed by atoms with van der Waals surface area (Å²) in [4.78, 5) is 2.19. The van der Waals surface area contributed by atoms with Crippen molar-refractivity contribution < 1.29 is 5.11 Å². The molecule has 1 aromatic carbocycles. The molecular weight excluding hydrogens is 250 g/mol. The maximum atomic E-state index is 10.1. The molecule has 20 heavy (non-hydrogen) atoms. The lowest BCUT2D eigenvalue weighted by Gasteiger charge is -2.33. The standard InChI is InChI=1S/C16H21N3O/c1-16(2)14(20)8-11-19(16)15-9-10-18(17-15)12-13-6-4-3-5-7-13/h3-7,9-10,14,20H,8,11-12H2,1-2H3. The van der Waals surface area contributed by atoms with E-state index in [1.807, 2.05) is 35.1 Å². The molecule has 0 spiro atoms. The number of aromatic nitrogens is 2. The van der Waals surface area contributed by atoms with Gasteiger partial charge in [-0.05, 0) is 25.8 Å². The Balaban J connectivity index is 1.78. The number of benzene rings is 1. The van der Waals surface area contributed by atoms with Crippen LogP contribution in [0.5, 0.6) is 0 Å². The molecule has 1 unspecified atom stereocenters. The van der Waals surface area contributed by atoms with Gasteiger partial charge in [-0.25, -0.2) is 0 Å². The fraction of sp³-hybridized carbons (Fsp3) is 0.438. The van der Waals surface area contributed by atoms with Crippen molar-refractivity contribution in [1.82, 2.24) is 9.78 Å². The van der Waals surface area contributed by atoms with Crippen molar-refractivity contribution >= 4 is 5.82 Å². The zero-order chi connectivity index (χ0) is 14.2. The Morgan fingerprint density at radius 3 is 2.65 bits per heavy atom. The summed E-state index contributed by atoms with van der Waals surface area (Å²) in [6, 6.07) is 12.3. The monoisotopic (exact) mass is 271 g/mol. The van der Waals surface area contributed by atoms with Crippen LogP contribution >= 0.6 is 0 Å². The summed E-state index contributed by atoms with van der Waals surface area (Å²) >= 11 is 0. The van der Waals surface area contributed by atoms with Gasteiger partial charge in [0.15, 0.2) is 5.82 Å². The zero-order valence-electron chi connectivity index (χ0n) is 12.0. The summed E-state index contributed by atoms with van der Waals surface area (Å²) in [6.07, 6.45) is 2.52. The first-order valence-electron chi connectivity index (χ1n) is 7.10. The first-order valence-corrected chi connectivity index (χ1v) is 7.10. The summed E-state index contributed by atoms with van der Waals surface area (Å²) in [6.45, 7) is 5.77. The molecule has 2 aromatic rings. The van der Waals surface area contributed by atoms with Gasteiger partial charge < -0.3 is 10.0 Å². The Hall–Kier alpha value is -1.81. The molecule has 1 saturated heterocycles. The molecule has 0 bridgehead atoms. The van der Waals surface area contributed by atoms with E-state index in [-0.39, 0.29) is 11.6 Å². The number of anilines is 1. The topological polar surface area (TPSA) is 41.3 Å². The highest BCUT2D eigenvalue weighted by Gasteiger charge is 2.41. The fourth-order valence-corrected chi connectivity index (χ4v) is 2.84. The van der Waals surface area contributed by atoms with E-state index in [2.05, 4.69) is 36.0 Å². The molecule has 0 radical (unpaired) electrons. The van der Waals surface area contributed by atoms with E-state index in [0.29, 0.717) is 0 Å². The van der Waals surface area contributed by atoms with Crippen molar-refractivity contribution in [2.45, 2.75) is 38.5 Å². The Morgan fingerprint density at radius 2 is 2.00 bits per heavy atom. The lowest BCUT2D eigenvalue weighted by molar-refractivity contribution is 0.127. The van der Waals surface area contributed by atoms with Crippen LogP contribution in [0.4, 0.5) is 5.82 Å². The second kappa shape index (κ2) is 4.94. The maximum Gasteiger partial charge on any atom is 0.151 e. The molecule has 0 saturated carbocycles. The average Bonchev–Trinajstić information content (AvgIpc) is 2.97. The molecule has 3 rings (SSSR count). The molecule has 2 heterocycles. The Bertz CT molecular complexity index is 576. The first-order chi connectivity index (χ1) is 9.57. The van der Waals surface area contributed by atoms with Gasteiger partial charge in [-0.2, -0.15) is 5.10 Å². The van der Waals surface area contributed by atoms with E-state index in [9.17, 15) is 5.11 Å². The van der Waals surface area contributed by atoms with E-state index in [1.54, 1.807) is 0 Å². The van der Waals surface area contributed by atoms with Crippen LogP contribution in [0.15, 0.2) is 42.6 Å². The highest BCUT2D eigenvalue weighted by Crippen LogP contribution is 2.32. The quantitative estimate of drug-likeness (QED) is 0.931. The van der Waals surface area contributed by atoms with Crippen LogP contribution in [0.2, 0.25) is 0 Å². The van der Waals surface area contributed by atoms with E-state index in [4.69, 9.17) is 0 Å². The minimum absolute atomic E-state index is 0.244. The van der Waals surface area contributed by atoms with Gasteiger partial charge in [0, 0.05) is 18.8 Å². The SMILES string of the molecule is CC1(C)C(O)CCN1c1ccn(Cc2ccccc2)n1. The van der Waals surface area contributed by atoms with Crippen LogP contribution in [-0.2, 0) is 6.54 Å². The summed E-state index contributed by atoms with van der Waals surface area (Å²) in [5.74, 6) is 0.947. The molecule has 1 aromatic heterocycles. The largest absolute Gasteiger partial charge is 0.391 e. The average molecular weight is 271 g/mol. The number of aliphatic hydroxyl groups is 1. The molecule has 4 heteroatoms. The molecule has 1 atom stereocenters. The molecular formula is C16H21N3O. The van der Waals surface area contributed by atoms with Crippen molar-refractivity contribution in [2.75, 3.05) is 11.4 Å². The molecule has 0 amide bonds. The van der Waals surface area contributed by atoms with Gasteiger partial charge in [0.2, 0.25) is 0 Å². The predicted molar refractivity (Wildman–Crippen MR) is 79.8 cm³/mol. The predicted octanol–water partition coefficient (Wildman–Crippen LogP) is 2.28. The Labute approximate surface area is 119 Å². The van der Waals surface area contributed by atoms with Crippen LogP contribution in [0, 0.1) is 0 Å². The van der Waals surface area contributed by atoms with Crippen molar-refractivity contribution in [1.29, 1.82) is 0 Å². The third-order valence-corrected chi connectivity index (χ3v) is 4.23. The van der Waals surface area contributed by atoms with Gasteiger partial charge in [0.25, 0.3) is 0 Å². The molecule has 4 nitrogen and oxygen atoms in total. The van der Waals surface area contributed by atoms with Crippen LogP contribution in [0.25, 0.3) is 0 Å². The van der Waals surface area contributed by atoms with Gasteiger partial charge in [0.05, 0.1) is 18.2 Å². The number of hydrogen-bond acceptors (Lipinski definition) is 3. The molecule has 1 fully saturated rings. The minimum Gasteiger partial charge on any atom is -0.391 e. The van der Waals surface area contributed by atoms with Crippen LogP contribution in [0.3, 0.4) is 0 Å². The van der Waals surface area contributed by atoms with Gasteiger partial charge >= 0.3 is 0 Å².